The molecule has 3 amide bonds. The van der Waals surface area contributed by atoms with Crippen molar-refractivity contribution in [3.05, 3.63) is 39.4 Å². The van der Waals surface area contributed by atoms with Gasteiger partial charge in [0, 0.05) is 24.4 Å². The van der Waals surface area contributed by atoms with E-state index in [2.05, 4.69) is 17.9 Å². The van der Waals surface area contributed by atoms with E-state index in [1.807, 2.05) is 0 Å². The third-order valence-corrected chi connectivity index (χ3v) is 3.12. The van der Waals surface area contributed by atoms with E-state index >= 15 is 0 Å². The van der Waals surface area contributed by atoms with Crippen molar-refractivity contribution in [3.63, 3.8) is 0 Å². The standard InChI is InChI=1S/C12H11N3O5S/c16-10(13-3-4-21)6-14-11(17)8-2-1-7(15(19)20)5-9(8)12(14)18/h1-2,5,21H,3-4,6H2,(H,13,16). The van der Waals surface area contributed by atoms with Gasteiger partial charge in [-0.2, -0.15) is 12.6 Å². The molecule has 0 unspecified atom stereocenters. The SMILES string of the molecule is O=C(CN1C(=O)c2ccc([N+](=O)[O-])cc2C1=O)NCCS. The summed E-state index contributed by atoms with van der Waals surface area (Å²) in [7, 11) is 0. The van der Waals surface area contributed by atoms with E-state index in [0.717, 1.165) is 17.0 Å². The Morgan fingerprint density at radius 1 is 1.29 bits per heavy atom. The van der Waals surface area contributed by atoms with Crippen molar-refractivity contribution in [2.45, 2.75) is 0 Å². The van der Waals surface area contributed by atoms with Crippen molar-refractivity contribution in [1.29, 1.82) is 0 Å². The molecular weight excluding hydrogens is 298 g/mol. The first-order valence-corrected chi connectivity index (χ1v) is 6.61. The van der Waals surface area contributed by atoms with Gasteiger partial charge in [-0.15, -0.1) is 0 Å². The van der Waals surface area contributed by atoms with E-state index < -0.39 is 29.2 Å². The number of hydrogen-bond donors (Lipinski definition) is 2. The number of non-ortho nitro benzene ring substituents is 1. The number of fused-ring (bicyclic) bond motifs is 1. The fraction of sp³-hybridized carbons (Fsp3) is 0.250. The van der Waals surface area contributed by atoms with Gasteiger partial charge in [0.25, 0.3) is 17.5 Å². The second-order valence-electron chi connectivity index (χ2n) is 4.26. The fourth-order valence-corrected chi connectivity index (χ4v) is 2.04. The van der Waals surface area contributed by atoms with Gasteiger partial charge in [-0.1, -0.05) is 0 Å². The average molecular weight is 309 g/mol. The van der Waals surface area contributed by atoms with Gasteiger partial charge in [0.15, 0.2) is 0 Å². The molecule has 0 aromatic heterocycles. The number of imide groups is 1. The normalized spacial score (nSPS) is 13.3. The minimum atomic E-state index is -0.709. The highest BCUT2D eigenvalue weighted by molar-refractivity contribution is 7.80. The number of benzene rings is 1. The average Bonchev–Trinajstić information content (AvgIpc) is 2.69. The molecule has 0 bridgehead atoms. The molecule has 0 aliphatic carbocycles. The molecule has 0 radical (unpaired) electrons. The van der Waals surface area contributed by atoms with Crippen molar-refractivity contribution in [1.82, 2.24) is 10.2 Å². The molecular formula is C12H11N3O5S. The number of nitro benzene ring substituents is 1. The molecule has 1 aliphatic heterocycles. The molecule has 8 nitrogen and oxygen atoms in total. The van der Waals surface area contributed by atoms with Crippen LogP contribution in [0.5, 0.6) is 0 Å². The smallest absolute Gasteiger partial charge is 0.270 e. The van der Waals surface area contributed by atoms with E-state index in [4.69, 9.17) is 0 Å². The Bertz CT molecular complexity index is 646. The van der Waals surface area contributed by atoms with Crippen molar-refractivity contribution in [2.75, 3.05) is 18.8 Å². The highest BCUT2D eigenvalue weighted by Gasteiger charge is 2.37. The van der Waals surface area contributed by atoms with Gasteiger partial charge in [-0.25, -0.2) is 0 Å². The zero-order chi connectivity index (χ0) is 15.6. The maximum absolute atomic E-state index is 12.1. The van der Waals surface area contributed by atoms with E-state index in [-0.39, 0.29) is 16.8 Å². The van der Waals surface area contributed by atoms with Crippen LogP contribution in [0.15, 0.2) is 18.2 Å². The van der Waals surface area contributed by atoms with Gasteiger partial charge in [0.1, 0.15) is 6.54 Å². The number of nitro groups is 1. The number of carbonyl (C=O) groups is 3. The second kappa shape index (κ2) is 5.92. The summed E-state index contributed by atoms with van der Waals surface area (Å²) < 4.78 is 0. The molecule has 1 aromatic rings. The molecule has 0 fully saturated rings. The third kappa shape index (κ3) is 2.87. The van der Waals surface area contributed by atoms with Gasteiger partial charge in [-0.05, 0) is 6.07 Å². The molecule has 2 rings (SSSR count). The van der Waals surface area contributed by atoms with Crippen LogP contribution in [-0.2, 0) is 4.79 Å². The predicted octanol–water partition coefficient (Wildman–Crippen LogP) is 0.237. The van der Waals surface area contributed by atoms with Crippen molar-refractivity contribution >= 4 is 36.0 Å². The summed E-state index contributed by atoms with van der Waals surface area (Å²) in [5.74, 6) is -1.40. The molecule has 1 aromatic carbocycles. The first-order valence-electron chi connectivity index (χ1n) is 5.98. The molecule has 0 spiro atoms. The molecule has 110 valence electrons. The Morgan fingerprint density at radius 3 is 2.57 bits per heavy atom. The summed E-state index contributed by atoms with van der Waals surface area (Å²) in [6.45, 7) is -0.107. The molecule has 0 saturated carbocycles. The number of rotatable bonds is 5. The minimum Gasteiger partial charge on any atom is -0.354 e. The molecule has 21 heavy (non-hydrogen) atoms. The Balaban J connectivity index is 2.22. The summed E-state index contributed by atoms with van der Waals surface area (Å²) in [4.78, 5) is 46.5. The minimum absolute atomic E-state index is 0.0591. The van der Waals surface area contributed by atoms with Gasteiger partial charge in [-0.3, -0.25) is 29.4 Å². The lowest BCUT2D eigenvalue weighted by Gasteiger charge is -2.13. The summed E-state index contributed by atoms with van der Waals surface area (Å²) in [6.07, 6.45) is 0. The van der Waals surface area contributed by atoms with Crippen LogP contribution in [0.2, 0.25) is 0 Å². The van der Waals surface area contributed by atoms with Crippen LogP contribution in [0, 0.1) is 10.1 Å². The Labute approximate surface area is 124 Å². The van der Waals surface area contributed by atoms with Crippen LogP contribution in [0.4, 0.5) is 5.69 Å². The topological polar surface area (TPSA) is 110 Å². The van der Waals surface area contributed by atoms with Crippen molar-refractivity contribution in [3.8, 4) is 0 Å². The zero-order valence-corrected chi connectivity index (χ0v) is 11.6. The molecule has 0 saturated heterocycles. The molecule has 1 aliphatic rings. The van der Waals surface area contributed by atoms with Crippen LogP contribution in [-0.4, -0.2) is 46.4 Å². The second-order valence-corrected chi connectivity index (χ2v) is 4.70. The van der Waals surface area contributed by atoms with Gasteiger partial charge in [0.2, 0.25) is 5.91 Å². The number of carbonyl (C=O) groups excluding carboxylic acids is 3. The van der Waals surface area contributed by atoms with Crippen LogP contribution in [0.3, 0.4) is 0 Å². The maximum atomic E-state index is 12.1. The monoisotopic (exact) mass is 309 g/mol. The predicted molar refractivity (Wildman–Crippen MR) is 75.3 cm³/mol. The third-order valence-electron chi connectivity index (χ3n) is 2.90. The highest BCUT2D eigenvalue weighted by Crippen LogP contribution is 2.26. The van der Waals surface area contributed by atoms with Gasteiger partial charge >= 0.3 is 0 Å². The summed E-state index contributed by atoms with van der Waals surface area (Å²) in [5, 5.41) is 13.2. The van der Waals surface area contributed by atoms with E-state index in [1.54, 1.807) is 0 Å². The summed E-state index contributed by atoms with van der Waals surface area (Å²) >= 11 is 3.92. The summed E-state index contributed by atoms with van der Waals surface area (Å²) in [5.41, 5.74) is -0.278. The maximum Gasteiger partial charge on any atom is 0.270 e. The zero-order valence-electron chi connectivity index (χ0n) is 10.7. The lowest BCUT2D eigenvalue weighted by atomic mass is 10.1. The van der Waals surface area contributed by atoms with Crippen molar-refractivity contribution < 1.29 is 19.3 Å². The number of hydrogen-bond acceptors (Lipinski definition) is 6. The number of thiol groups is 1. The quantitative estimate of drug-likeness (QED) is 0.350. The van der Waals surface area contributed by atoms with Crippen LogP contribution in [0.1, 0.15) is 20.7 Å². The summed E-state index contributed by atoms with van der Waals surface area (Å²) in [6, 6.07) is 3.41. The van der Waals surface area contributed by atoms with Gasteiger partial charge in [0.05, 0.1) is 16.1 Å². The van der Waals surface area contributed by atoms with E-state index in [9.17, 15) is 24.5 Å². The molecule has 9 heteroatoms. The Morgan fingerprint density at radius 2 is 1.95 bits per heavy atom. The number of nitrogens with one attached hydrogen (secondary N) is 1. The molecule has 1 N–H and O–H groups in total. The lowest BCUT2D eigenvalue weighted by Crippen LogP contribution is -2.40. The largest absolute Gasteiger partial charge is 0.354 e. The number of amides is 3. The molecule has 0 atom stereocenters. The van der Waals surface area contributed by atoms with Gasteiger partial charge < -0.3 is 5.32 Å². The highest BCUT2D eigenvalue weighted by atomic mass is 32.1. The molecule has 1 heterocycles. The van der Waals surface area contributed by atoms with E-state index in [1.165, 1.54) is 6.07 Å². The van der Waals surface area contributed by atoms with E-state index in [0.29, 0.717) is 12.3 Å². The van der Waals surface area contributed by atoms with Crippen molar-refractivity contribution in [2.24, 2.45) is 0 Å². The first kappa shape index (κ1) is 15.0. The fourth-order valence-electron chi connectivity index (χ4n) is 1.93. The Kier molecular flexibility index (Phi) is 4.22. The lowest BCUT2D eigenvalue weighted by molar-refractivity contribution is -0.384. The van der Waals surface area contributed by atoms with Crippen LogP contribution >= 0.6 is 12.6 Å². The Hall–Kier alpha value is -2.42. The van der Waals surface area contributed by atoms with Crippen LogP contribution < -0.4 is 5.32 Å². The van der Waals surface area contributed by atoms with Crippen LogP contribution in [0.25, 0.3) is 0 Å². The number of nitrogens with zero attached hydrogens (tertiary/aromatic N) is 2. The first-order chi connectivity index (χ1) is 9.95.